The fourth-order valence-corrected chi connectivity index (χ4v) is 3.14. The fourth-order valence-electron chi connectivity index (χ4n) is 1.83. The first-order chi connectivity index (χ1) is 9.47. The molecule has 112 valence electrons. The van der Waals surface area contributed by atoms with Crippen LogP contribution in [0.25, 0.3) is 0 Å². The van der Waals surface area contributed by atoms with Gasteiger partial charge in [0.1, 0.15) is 5.84 Å². The number of unbranched alkanes of at least 4 members (excludes halogenated alkanes) is 1. The number of amidine groups is 1. The molecule has 0 aliphatic heterocycles. The zero-order valence-electron chi connectivity index (χ0n) is 12.1. The Kier molecular flexibility index (Phi) is 7.24. The molecule has 0 aliphatic rings. The maximum atomic E-state index is 8.71. The molecular weight excluding hydrogens is 292 g/mol. The molecule has 20 heavy (non-hydrogen) atoms. The quantitative estimate of drug-likeness (QED) is 0.244. The summed E-state index contributed by atoms with van der Waals surface area (Å²) in [5, 5.41) is 12.6. The van der Waals surface area contributed by atoms with Crippen molar-refractivity contribution in [1.29, 1.82) is 0 Å². The van der Waals surface area contributed by atoms with Crippen molar-refractivity contribution in [3.8, 4) is 0 Å². The summed E-state index contributed by atoms with van der Waals surface area (Å²) < 4.78 is 0. The monoisotopic (exact) mass is 314 g/mol. The van der Waals surface area contributed by atoms with Crippen LogP contribution in [0, 0.1) is 5.41 Å². The van der Waals surface area contributed by atoms with Gasteiger partial charge in [-0.05, 0) is 30.2 Å². The summed E-state index contributed by atoms with van der Waals surface area (Å²) in [6, 6.07) is 7.96. The SMILES string of the molecule is CC(C)(CCCCSCc1ccccc1Cl)/C(N)=N/O. The van der Waals surface area contributed by atoms with Crippen molar-refractivity contribution >= 4 is 29.2 Å². The van der Waals surface area contributed by atoms with Gasteiger partial charge in [0, 0.05) is 16.2 Å². The normalized spacial score (nSPS) is 12.7. The van der Waals surface area contributed by atoms with Crippen LogP contribution in [0.1, 0.15) is 38.7 Å². The molecule has 0 atom stereocenters. The van der Waals surface area contributed by atoms with Crippen molar-refractivity contribution in [2.75, 3.05) is 5.75 Å². The van der Waals surface area contributed by atoms with Crippen molar-refractivity contribution in [2.45, 2.75) is 38.9 Å². The van der Waals surface area contributed by atoms with Crippen molar-refractivity contribution < 1.29 is 5.21 Å². The Morgan fingerprint density at radius 1 is 1.35 bits per heavy atom. The molecule has 0 fully saturated rings. The van der Waals surface area contributed by atoms with E-state index in [-0.39, 0.29) is 5.41 Å². The predicted molar refractivity (Wildman–Crippen MR) is 88.7 cm³/mol. The van der Waals surface area contributed by atoms with Crippen LogP contribution >= 0.6 is 23.4 Å². The molecule has 0 aliphatic carbocycles. The molecule has 0 heterocycles. The summed E-state index contributed by atoms with van der Waals surface area (Å²) in [6.45, 7) is 4.00. The van der Waals surface area contributed by atoms with E-state index >= 15 is 0 Å². The second kappa shape index (κ2) is 8.42. The van der Waals surface area contributed by atoms with E-state index < -0.39 is 0 Å². The lowest BCUT2D eigenvalue weighted by molar-refractivity contribution is 0.304. The number of nitrogens with zero attached hydrogens (tertiary/aromatic N) is 1. The molecule has 0 bridgehead atoms. The number of thioether (sulfide) groups is 1. The zero-order chi connectivity index (χ0) is 15.0. The molecule has 0 saturated carbocycles. The molecule has 0 unspecified atom stereocenters. The van der Waals surface area contributed by atoms with Crippen LogP contribution in [0.5, 0.6) is 0 Å². The summed E-state index contributed by atoms with van der Waals surface area (Å²) in [5.74, 6) is 2.35. The standard InChI is InChI=1S/C15H23ClN2OS/c1-15(2,14(17)18-19)9-5-6-10-20-11-12-7-3-4-8-13(12)16/h3-4,7-8,19H,5-6,9-11H2,1-2H3,(H2,17,18). The number of hydrogen-bond donors (Lipinski definition) is 2. The number of hydrogen-bond acceptors (Lipinski definition) is 3. The summed E-state index contributed by atoms with van der Waals surface area (Å²) >= 11 is 8.00. The average molecular weight is 315 g/mol. The van der Waals surface area contributed by atoms with E-state index in [1.54, 1.807) is 0 Å². The van der Waals surface area contributed by atoms with Gasteiger partial charge < -0.3 is 10.9 Å². The van der Waals surface area contributed by atoms with Crippen LogP contribution in [0.15, 0.2) is 29.4 Å². The minimum Gasteiger partial charge on any atom is -0.409 e. The van der Waals surface area contributed by atoms with Crippen LogP contribution < -0.4 is 5.73 Å². The number of halogens is 1. The van der Waals surface area contributed by atoms with Crippen molar-refractivity contribution in [3.05, 3.63) is 34.9 Å². The third-order valence-corrected chi connectivity index (χ3v) is 4.82. The lowest BCUT2D eigenvalue weighted by Crippen LogP contribution is -2.31. The summed E-state index contributed by atoms with van der Waals surface area (Å²) in [4.78, 5) is 0. The van der Waals surface area contributed by atoms with Gasteiger partial charge in [-0.3, -0.25) is 0 Å². The first kappa shape index (κ1) is 17.2. The highest BCUT2D eigenvalue weighted by atomic mass is 35.5. The van der Waals surface area contributed by atoms with Gasteiger partial charge in [0.15, 0.2) is 0 Å². The maximum Gasteiger partial charge on any atom is 0.144 e. The predicted octanol–water partition coefficient (Wildman–Crippen LogP) is 4.52. The van der Waals surface area contributed by atoms with Gasteiger partial charge in [0.2, 0.25) is 0 Å². The van der Waals surface area contributed by atoms with E-state index in [1.165, 1.54) is 5.56 Å². The van der Waals surface area contributed by atoms with E-state index in [2.05, 4.69) is 11.2 Å². The summed E-state index contributed by atoms with van der Waals surface area (Å²) in [7, 11) is 0. The fraction of sp³-hybridized carbons (Fsp3) is 0.533. The zero-order valence-corrected chi connectivity index (χ0v) is 13.7. The Hall–Kier alpha value is -0.870. The molecule has 1 rings (SSSR count). The van der Waals surface area contributed by atoms with E-state index in [9.17, 15) is 0 Å². The molecule has 1 aromatic rings. The lowest BCUT2D eigenvalue weighted by Gasteiger charge is -2.22. The molecule has 0 spiro atoms. The number of nitrogens with two attached hydrogens (primary N) is 1. The minimum atomic E-state index is -0.234. The smallest absolute Gasteiger partial charge is 0.144 e. The lowest BCUT2D eigenvalue weighted by atomic mass is 9.86. The van der Waals surface area contributed by atoms with Gasteiger partial charge in [0.25, 0.3) is 0 Å². The molecule has 0 amide bonds. The molecule has 3 nitrogen and oxygen atoms in total. The first-order valence-corrected chi connectivity index (χ1v) is 8.30. The summed E-state index contributed by atoms with van der Waals surface area (Å²) in [5.41, 5.74) is 6.62. The number of rotatable bonds is 8. The van der Waals surface area contributed by atoms with Crippen LogP contribution in [-0.4, -0.2) is 16.8 Å². The van der Waals surface area contributed by atoms with E-state index in [0.29, 0.717) is 5.84 Å². The minimum absolute atomic E-state index is 0.234. The van der Waals surface area contributed by atoms with Gasteiger partial charge in [-0.15, -0.1) is 0 Å². The number of oxime groups is 1. The van der Waals surface area contributed by atoms with Crippen LogP contribution in [-0.2, 0) is 5.75 Å². The van der Waals surface area contributed by atoms with Crippen LogP contribution in [0.4, 0.5) is 0 Å². The van der Waals surface area contributed by atoms with Crippen molar-refractivity contribution in [2.24, 2.45) is 16.3 Å². The van der Waals surface area contributed by atoms with E-state index in [1.807, 2.05) is 43.8 Å². The maximum absolute atomic E-state index is 8.71. The highest BCUT2D eigenvalue weighted by Crippen LogP contribution is 2.25. The number of benzene rings is 1. The summed E-state index contributed by atoms with van der Waals surface area (Å²) in [6.07, 6.45) is 3.12. The molecule has 3 N–H and O–H groups in total. The van der Waals surface area contributed by atoms with Gasteiger partial charge in [0.05, 0.1) is 0 Å². The Balaban J connectivity index is 2.19. The molecular formula is C15H23ClN2OS. The highest BCUT2D eigenvalue weighted by Gasteiger charge is 2.22. The van der Waals surface area contributed by atoms with Crippen LogP contribution in [0.3, 0.4) is 0 Å². The topological polar surface area (TPSA) is 58.6 Å². The van der Waals surface area contributed by atoms with Gasteiger partial charge >= 0.3 is 0 Å². The van der Waals surface area contributed by atoms with E-state index in [4.69, 9.17) is 22.5 Å². The Morgan fingerprint density at radius 3 is 2.70 bits per heavy atom. The molecule has 0 radical (unpaired) electrons. The van der Waals surface area contributed by atoms with Crippen molar-refractivity contribution in [1.82, 2.24) is 0 Å². The molecule has 0 saturated heterocycles. The van der Waals surface area contributed by atoms with Gasteiger partial charge in [-0.25, -0.2) is 0 Å². The third-order valence-electron chi connectivity index (χ3n) is 3.36. The largest absolute Gasteiger partial charge is 0.409 e. The third kappa shape index (κ3) is 5.63. The highest BCUT2D eigenvalue weighted by molar-refractivity contribution is 7.98. The molecule has 1 aromatic carbocycles. The Bertz CT molecular complexity index is 449. The van der Waals surface area contributed by atoms with Gasteiger partial charge in [-0.1, -0.05) is 55.2 Å². The second-order valence-corrected chi connectivity index (χ2v) is 6.98. The Morgan fingerprint density at radius 2 is 2.05 bits per heavy atom. The first-order valence-electron chi connectivity index (χ1n) is 6.76. The average Bonchev–Trinajstić information content (AvgIpc) is 2.43. The second-order valence-electron chi connectivity index (χ2n) is 5.47. The van der Waals surface area contributed by atoms with Crippen molar-refractivity contribution in [3.63, 3.8) is 0 Å². The molecule has 5 heteroatoms. The van der Waals surface area contributed by atoms with E-state index in [0.717, 1.165) is 35.8 Å². The Labute approximate surface area is 130 Å². The van der Waals surface area contributed by atoms with Gasteiger partial charge in [-0.2, -0.15) is 11.8 Å². The molecule has 0 aromatic heterocycles. The van der Waals surface area contributed by atoms with Crippen LogP contribution in [0.2, 0.25) is 5.02 Å².